The van der Waals surface area contributed by atoms with E-state index in [0.29, 0.717) is 12.5 Å². The number of benzene rings is 2. The zero-order chi connectivity index (χ0) is 20.5. The number of carbonyl (C=O) groups excluding carboxylic acids is 1. The van der Waals surface area contributed by atoms with E-state index in [4.69, 9.17) is 9.40 Å². The average Bonchev–Trinajstić information content (AvgIpc) is 3.38. The molecule has 2 atom stereocenters. The number of nitrogens with zero attached hydrogens (tertiary/aromatic N) is 2. The van der Waals surface area contributed by atoms with Gasteiger partial charge in [0.1, 0.15) is 11.3 Å². The molecule has 154 valence electrons. The number of nitrogens with one attached hydrogen (secondary N) is 1. The molecular formula is C24H25N3O2S. The van der Waals surface area contributed by atoms with E-state index in [1.54, 1.807) is 11.3 Å². The molecule has 0 saturated carbocycles. The minimum absolute atomic E-state index is 0.0351. The van der Waals surface area contributed by atoms with E-state index in [1.807, 2.05) is 43.3 Å². The van der Waals surface area contributed by atoms with Crippen LogP contribution in [0.15, 0.2) is 59.0 Å². The molecule has 2 aromatic carbocycles. The summed E-state index contributed by atoms with van der Waals surface area (Å²) >= 11 is 1.78. The van der Waals surface area contributed by atoms with Crippen LogP contribution >= 0.6 is 11.3 Å². The number of amides is 1. The Hall–Kier alpha value is -2.70. The van der Waals surface area contributed by atoms with Gasteiger partial charge in [0.05, 0.1) is 27.8 Å². The van der Waals surface area contributed by atoms with Crippen LogP contribution in [0.1, 0.15) is 42.5 Å². The number of thiazole rings is 1. The largest absolute Gasteiger partial charge is 0.459 e. The highest BCUT2D eigenvalue weighted by Gasteiger charge is 2.26. The van der Waals surface area contributed by atoms with E-state index in [0.717, 1.165) is 48.2 Å². The molecule has 0 bridgehead atoms. The quantitative estimate of drug-likeness (QED) is 0.489. The van der Waals surface area contributed by atoms with Crippen LogP contribution < -0.4 is 5.32 Å². The van der Waals surface area contributed by atoms with Crippen LogP contribution in [0.4, 0.5) is 0 Å². The number of hydrogen-bond acceptors (Lipinski definition) is 5. The maximum absolute atomic E-state index is 12.7. The van der Waals surface area contributed by atoms with Crippen LogP contribution in [0.5, 0.6) is 0 Å². The Bertz CT molecular complexity index is 1120. The van der Waals surface area contributed by atoms with Crippen LogP contribution in [0, 0.1) is 0 Å². The van der Waals surface area contributed by atoms with Crippen molar-refractivity contribution >= 4 is 38.4 Å². The van der Waals surface area contributed by atoms with E-state index in [-0.39, 0.29) is 11.9 Å². The van der Waals surface area contributed by atoms with E-state index in [1.165, 1.54) is 9.71 Å². The standard InChI is InChI=1S/C24H25N3O2S/c1-16(21-13-17-7-2-4-10-20(17)29-21)25-23(28)15-27-12-6-8-18(14-27)24-26-19-9-3-5-11-22(19)30-24/h2-5,7,9-11,13,16,18H,6,8,12,14-15H2,1H3,(H,25,28). The molecule has 5 nitrogen and oxygen atoms in total. The first-order valence-electron chi connectivity index (χ1n) is 10.5. The van der Waals surface area contributed by atoms with Gasteiger partial charge in [0.25, 0.3) is 0 Å². The van der Waals surface area contributed by atoms with Crippen molar-refractivity contribution in [3.8, 4) is 0 Å². The third-order valence-corrected chi connectivity index (χ3v) is 6.98. The van der Waals surface area contributed by atoms with E-state index >= 15 is 0 Å². The average molecular weight is 420 g/mol. The summed E-state index contributed by atoms with van der Waals surface area (Å²) < 4.78 is 7.13. The van der Waals surface area contributed by atoms with Gasteiger partial charge in [0, 0.05) is 17.8 Å². The fourth-order valence-electron chi connectivity index (χ4n) is 4.24. The monoisotopic (exact) mass is 419 g/mol. The van der Waals surface area contributed by atoms with Crippen molar-refractivity contribution in [1.29, 1.82) is 0 Å². The smallest absolute Gasteiger partial charge is 0.234 e. The fourth-order valence-corrected chi connectivity index (χ4v) is 5.34. The van der Waals surface area contributed by atoms with Gasteiger partial charge in [-0.05, 0) is 50.6 Å². The summed E-state index contributed by atoms with van der Waals surface area (Å²) in [6.07, 6.45) is 2.22. The zero-order valence-corrected chi connectivity index (χ0v) is 17.8. The molecule has 1 fully saturated rings. The van der Waals surface area contributed by atoms with Crippen molar-refractivity contribution < 1.29 is 9.21 Å². The number of furan rings is 1. The van der Waals surface area contributed by atoms with Crippen LogP contribution in [-0.2, 0) is 4.79 Å². The van der Waals surface area contributed by atoms with Crippen molar-refractivity contribution in [3.63, 3.8) is 0 Å². The van der Waals surface area contributed by atoms with Crippen molar-refractivity contribution in [2.75, 3.05) is 19.6 Å². The van der Waals surface area contributed by atoms with Gasteiger partial charge < -0.3 is 9.73 Å². The van der Waals surface area contributed by atoms with Crippen molar-refractivity contribution in [1.82, 2.24) is 15.2 Å². The Morgan fingerprint density at radius 2 is 2.10 bits per heavy atom. The number of hydrogen-bond donors (Lipinski definition) is 1. The predicted molar refractivity (Wildman–Crippen MR) is 121 cm³/mol. The van der Waals surface area contributed by atoms with Gasteiger partial charge in [-0.25, -0.2) is 4.98 Å². The molecule has 0 radical (unpaired) electrons. The van der Waals surface area contributed by atoms with Gasteiger partial charge in [-0.1, -0.05) is 30.3 Å². The molecule has 2 unspecified atom stereocenters. The van der Waals surface area contributed by atoms with Gasteiger partial charge in [-0.3, -0.25) is 9.69 Å². The summed E-state index contributed by atoms with van der Waals surface area (Å²) in [7, 11) is 0. The number of para-hydroxylation sites is 2. The molecule has 1 amide bonds. The third kappa shape index (κ3) is 3.98. The second kappa shape index (κ2) is 8.20. The summed E-state index contributed by atoms with van der Waals surface area (Å²) in [6, 6.07) is 18.1. The lowest BCUT2D eigenvalue weighted by Gasteiger charge is -2.31. The Morgan fingerprint density at radius 1 is 1.27 bits per heavy atom. The summed E-state index contributed by atoms with van der Waals surface area (Å²) in [5.41, 5.74) is 1.93. The van der Waals surface area contributed by atoms with Crippen molar-refractivity contribution in [2.45, 2.75) is 31.7 Å². The second-order valence-electron chi connectivity index (χ2n) is 8.07. The minimum atomic E-state index is -0.158. The summed E-state index contributed by atoms with van der Waals surface area (Å²) in [5, 5.41) is 5.34. The Kier molecular flexibility index (Phi) is 5.27. The molecule has 3 heterocycles. The highest BCUT2D eigenvalue weighted by Crippen LogP contribution is 2.33. The Morgan fingerprint density at radius 3 is 2.97 bits per heavy atom. The third-order valence-electron chi connectivity index (χ3n) is 5.78. The summed E-state index contributed by atoms with van der Waals surface area (Å²) in [5.74, 6) is 1.22. The Balaban J connectivity index is 1.21. The lowest BCUT2D eigenvalue weighted by molar-refractivity contribution is -0.123. The first-order chi connectivity index (χ1) is 14.7. The number of piperidine rings is 1. The van der Waals surface area contributed by atoms with Gasteiger partial charge in [-0.2, -0.15) is 0 Å². The van der Waals surface area contributed by atoms with Crippen LogP contribution in [0.2, 0.25) is 0 Å². The number of fused-ring (bicyclic) bond motifs is 2. The van der Waals surface area contributed by atoms with Gasteiger partial charge in [-0.15, -0.1) is 11.3 Å². The molecule has 1 aliphatic rings. The summed E-state index contributed by atoms with van der Waals surface area (Å²) in [4.78, 5) is 19.8. The Labute approximate surface area is 179 Å². The maximum Gasteiger partial charge on any atom is 0.234 e. The number of aromatic nitrogens is 1. The van der Waals surface area contributed by atoms with Gasteiger partial charge in [0.2, 0.25) is 5.91 Å². The molecule has 1 saturated heterocycles. The van der Waals surface area contributed by atoms with Crippen LogP contribution in [-0.4, -0.2) is 35.4 Å². The first-order valence-corrected chi connectivity index (χ1v) is 11.3. The highest BCUT2D eigenvalue weighted by atomic mass is 32.1. The van der Waals surface area contributed by atoms with E-state index < -0.39 is 0 Å². The van der Waals surface area contributed by atoms with E-state index in [2.05, 4.69) is 28.4 Å². The molecule has 1 N–H and O–H groups in total. The van der Waals surface area contributed by atoms with Gasteiger partial charge in [0.15, 0.2) is 0 Å². The number of likely N-dealkylation sites (tertiary alicyclic amines) is 1. The van der Waals surface area contributed by atoms with E-state index in [9.17, 15) is 4.79 Å². The van der Waals surface area contributed by atoms with Crippen molar-refractivity contribution in [3.05, 3.63) is 65.4 Å². The van der Waals surface area contributed by atoms with Gasteiger partial charge >= 0.3 is 0 Å². The molecular weight excluding hydrogens is 394 g/mol. The maximum atomic E-state index is 12.7. The molecule has 4 aromatic rings. The highest BCUT2D eigenvalue weighted by molar-refractivity contribution is 7.18. The zero-order valence-electron chi connectivity index (χ0n) is 17.0. The molecule has 2 aromatic heterocycles. The molecule has 30 heavy (non-hydrogen) atoms. The molecule has 1 aliphatic heterocycles. The molecule has 5 rings (SSSR count). The lowest BCUT2D eigenvalue weighted by atomic mass is 9.99. The van der Waals surface area contributed by atoms with Crippen LogP contribution in [0.25, 0.3) is 21.2 Å². The van der Waals surface area contributed by atoms with Crippen LogP contribution in [0.3, 0.4) is 0 Å². The number of rotatable bonds is 5. The molecule has 6 heteroatoms. The second-order valence-corrected chi connectivity index (χ2v) is 9.13. The predicted octanol–water partition coefficient (Wildman–Crippen LogP) is 5.10. The SMILES string of the molecule is CC(NC(=O)CN1CCCC(c2nc3ccccc3s2)C1)c1cc2ccccc2o1. The topological polar surface area (TPSA) is 58.4 Å². The molecule has 0 spiro atoms. The minimum Gasteiger partial charge on any atom is -0.459 e. The normalized spacial score (nSPS) is 18.6. The lowest BCUT2D eigenvalue weighted by Crippen LogP contribution is -2.42. The fraction of sp³-hybridized carbons (Fsp3) is 0.333. The molecule has 0 aliphatic carbocycles. The van der Waals surface area contributed by atoms with Crippen molar-refractivity contribution in [2.24, 2.45) is 0 Å². The number of carbonyl (C=O) groups is 1. The summed E-state index contributed by atoms with van der Waals surface area (Å²) in [6.45, 7) is 4.21. The first kappa shape index (κ1) is 19.3.